The number of carbonyl (C=O) groups excluding carboxylic acids is 1. The fourth-order valence-corrected chi connectivity index (χ4v) is 3.83. The molecule has 6 heteroatoms. The van der Waals surface area contributed by atoms with Crippen LogP contribution in [0.3, 0.4) is 0 Å². The van der Waals surface area contributed by atoms with Gasteiger partial charge in [-0.1, -0.05) is 46.8 Å². The molecule has 1 atom stereocenters. The molecule has 0 bridgehead atoms. The zero-order valence-corrected chi connectivity index (χ0v) is 19.3. The second-order valence-corrected chi connectivity index (χ2v) is 9.72. The number of ether oxygens (including phenoxy) is 1. The maximum atomic E-state index is 12.7. The van der Waals surface area contributed by atoms with Crippen LogP contribution in [-0.4, -0.2) is 35.7 Å². The molecule has 2 N–H and O–H groups in total. The van der Waals surface area contributed by atoms with Crippen molar-refractivity contribution in [3.63, 3.8) is 0 Å². The lowest BCUT2D eigenvalue weighted by Gasteiger charge is -2.42. The largest absolute Gasteiger partial charge is 0.496 e. The third-order valence-electron chi connectivity index (χ3n) is 5.69. The van der Waals surface area contributed by atoms with Gasteiger partial charge in [0.2, 0.25) is 0 Å². The second kappa shape index (κ2) is 9.11. The highest BCUT2D eigenvalue weighted by atomic mass is 16.5. The lowest BCUT2D eigenvalue weighted by molar-refractivity contribution is -0.137. The van der Waals surface area contributed by atoms with Gasteiger partial charge in [0.15, 0.2) is 0 Å². The van der Waals surface area contributed by atoms with Crippen molar-refractivity contribution >= 4 is 12.0 Å². The lowest BCUT2D eigenvalue weighted by Crippen LogP contribution is -2.54. The van der Waals surface area contributed by atoms with Crippen LogP contribution >= 0.6 is 0 Å². The number of rotatable bonds is 8. The van der Waals surface area contributed by atoms with Crippen LogP contribution in [0.15, 0.2) is 30.0 Å². The number of nitrogens with zero attached hydrogens (tertiary/aromatic N) is 1. The number of carbonyl (C=O) groups is 2. The zero-order chi connectivity index (χ0) is 22.7. The van der Waals surface area contributed by atoms with Crippen molar-refractivity contribution in [3.8, 4) is 5.75 Å². The molecular formula is C24H36N2O4. The predicted octanol–water partition coefficient (Wildman–Crippen LogP) is 4.93. The SMILES string of the molecule is COc1cc([C@@]2(C)NC(=O)N(CCC(=O)O)C=C2C(C)C)ccc1CCC(C)(C)C. The number of urea groups is 1. The topological polar surface area (TPSA) is 78.9 Å². The summed E-state index contributed by atoms with van der Waals surface area (Å²) in [6, 6.07) is 5.87. The first-order chi connectivity index (χ1) is 13.9. The molecule has 2 rings (SSSR count). The number of aliphatic carboxylic acids is 1. The van der Waals surface area contributed by atoms with Crippen molar-refractivity contribution in [1.82, 2.24) is 10.2 Å². The van der Waals surface area contributed by atoms with E-state index in [0.29, 0.717) is 0 Å². The third-order valence-corrected chi connectivity index (χ3v) is 5.69. The maximum absolute atomic E-state index is 12.7. The Kier molecular flexibility index (Phi) is 7.22. The Hall–Kier alpha value is -2.50. The number of amides is 2. The number of hydrogen-bond acceptors (Lipinski definition) is 3. The summed E-state index contributed by atoms with van der Waals surface area (Å²) in [5.74, 6) is 0.0596. The first-order valence-electron chi connectivity index (χ1n) is 10.6. The van der Waals surface area contributed by atoms with Crippen LogP contribution in [0.2, 0.25) is 0 Å². The summed E-state index contributed by atoms with van der Waals surface area (Å²) in [5.41, 5.74) is 2.67. The van der Waals surface area contributed by atoms with E-state index in [4.69, 9.17) is 9.84 Å². The molecule has 1 aromatic carbocycles. The Morgan fingerprint density at radius 2 is 1.97 bits per heavy atom. The minimum Gasteiger partial charge on any atom is -0.496 e. The monoisotopic (exact) mass is 416 g/mol. The molecule has 0 aromatic heterocycles. The van der Waals surface area contributed by atoms with E-state index < -0.39 is 11.5 Å². The van der Waals surface area contributed by atoms with Crippen LogP contribution < -0.4 is 10.1 Å². The molecule has 0 unspecified atom stereocenters. The van der Waals surface area contributed by atoms with Gasteiger partial charge < -0.3 is 20.1 Å². The summed E-state index contributed by atoms with van der Waals surface area (Å²) in [7, 11) is 1.67. The van der Waals surface area contributed by atoms with E-state index in [1.807, 2.05) is 19.2 Å². The van der Waals surface area contributed by atoms with Crippen molar-refractivity contribution in [2.45, 2.75) is 66.3 Å². The fourth-order valence-electron chi connectivity index (χ4n) is 3.83. The van der Waals surface area contributed by atoms with Gasteiger partial charge in [-0.25, -0.2) is 4.79 Å². The van der Waals surface area contributed by atoms with E-state index in [-0.39, 0.29) is 30.3 Å². The van der Waals surface area contributed by atoms with Gasteiger partial charge in [0.1, 0.15) is 5.75 Å². The van der Waals surface area contributed by atoms with Crippen LogP contribution in [0.25, 0.3) is 0 Å². The molecule has 1 heterocycles. The Bertz CT molecular complexity index is 823. The summed E-state index contributed by atoms with van der Waals surface area (Å²) in [6.07, 6.45) is 3.69. The van der Waals surface area contributed by atoms with Crippen LogP contribution in [0, 0.1) is 11.3 Å². The minimum atomic E-state index is -0.925. The summed E-state index contributed by atoms with van der Waals surface area (Å²) < 4.78 is 5.69. The number of benzene rings is 1. The van der Waals surface area contributed by atoms with Gasteiger partial charge in [-0.3, -0.25) is 4.79 Å². The molecule has 6 nitrogen and oxygen atoms in total. The molecule has 0 saturated heterocycles. The quantitative estimate of drug-likeness (QED) is 0.630. The Morgan fingerprint density at radius 1 is 1.30 bits per heavy atom. The number of nitrogens with one attached hydrogen (secondary N) is 1. The average Bonchev–Trinajstić information content (AvgIpc) is 2.64. The van der Waals surface area contributed by atoms with Crippen molar-refractivity contribution < 1.29 is 19.4 Å². The van der Waals surface area contributed by atoms with E-state index >= 15 is 0 Å². The molecular weight excluding hydrogens is 380 g/mol. The third kappa shape index (κ3) is 5.55. The van der Waals surface area contributed by atoms with Gasteiger partial charge in [0, 0.05) is 12.7 Å². The molecule has 0 saturated carbocycles. The molecule has 0 radical (unpaired) electrons. The number of carboxylic acids is 1. The van der Waals surface area contributed by atoms with Gasteiger partial charge in [-0.15, -0.1) is 0 Å². The van der Waals surface area contributed by atoms with Crippen LogP contribution in [0.1, 0.15) is 65.5 Å². The normalized spacial score (nSPS) is 19.5. The van der Waals surface area contributed by atoms with E-state index in [1.54, 1.807) is 7.11 Å². The molecule has 0 fully saturated rings. The zero-order valence-electron chi connectivity index (χ0n) is 19.3. The van der Waals surface area contributed by atoms with Crippen LogP contribution in [0.4, 0.5) is 4.79 Å². The van der Waals surface area contributed by atoms with Crippen LogP contribution in [0.5, 0.6) is 5.75 Å². The molecule has 0 spiro atoms. The van der Waals surface area contributed by atoms with Crippen LogP contribution in [-0.2, 0) is 16.8 Å². The molecule has 166 valence electrons. The summed E-state index contributed by atoms with van der Waals surface area (Å²) in [4.78, 5) is 25.1. The number of methoxy groups -OCH3 is 1. The van der Waals surface area contributed by atoms with Gasteiger partial charge in [-0.2, -0.15) is 0 Å². The summed E-state index contributed by atoms with van der Waals surface area (Å²) in [5, 5.41) is 12.1. The molecule has 1 aliphatic rings. The first kappa shape index (κ1) is 23.8. The molecule has 1 aliphatic heterocycles. The van der Waals surface area contributed by atoms with Crippen molar-refractivity contribution in [2.24, 2.45) is 11.3 Å². The predicted molar refractivity (Wildman–Crippen MR) is 119 cm³/mol. The number of carboxylic acid groups (broad SMARTS) is 1. The Balaban J connectivity index is 2.41. The Morgan fingerprint density at radius 3 is 2.50 bits per heavy atom. The first-order valence-corrected chi connectivity index (χ1v) is 10.6. The summed E-state index contributed by atoms with van der Waals surface area (Å²) >= 11 is 0. The standard InChI is InChI=1S/C24H36N2O4/c1-16(2)19-15-26(13-11-21(27)28)22(29)25-24(19,6)18-9-8-17(20(14-18)30-7)10-12-23(3,4)5/h8-9,14-16H,10-13H2,1-7H3,(H,25,29)(H,27,28)/t24-/m1/s1. The van der Waals surface area contributed by atoms with E-state index in [2.05, 4.69) is 52.1 Å². The molecule has 1 aromatic rings. The highest BCUT2D eigenvalue weighted by molar-refractivity contribution is 5.80. The van der Waals surface area contributed by atoms with E-state index in [1.165, 1.54) is 4.90 Å². The van der Waals surface area contributed by atoms with Gasteiger partial charge in [0.25, 0.3) is 0 Å². The van der Waals surface area contributed by atoms with Gasteiger partial charge in [-0.05, 0) is 53.9 Å². The van der Waals surface area contributed by atoms with Gasteiger partial charge in [0.05, 0.1) is 19.1 Å². The highest BCUT2D eigenvalue weighted by Gasteiger charge is 2.40. The van der Waals surface area contributed by atoms with Crippen molar-refractivity contribution in [3.05, 3.63) is 41.1 Å². The highest BCUT2D eigenvalue weighted by Crippen LogP contribution is 2.39. The van der Waals surface area contributed by atoms with Crippen molar-refractivity contribution in [2.75, 3.05) is 13.7 Å². The average molecular weight is 417 g/mol. The lowest BCUT2D eigenvalue weighted by atomic mass is 9.77. The molecule has 2 amide bonds. The summed E-state index contributed by atoms with van der Waals surface area (Å²) in [6.45, 7) is 13.0. The smallest absolute Gasteiger partial charge is 0.322 e. The maximum Gasteiger partial charge on any atom is 0.322 e. The van der Waals surface area contributed by atoms with Gasteiger partial charge >= 0.3 is 12.0 Å². The number of aryl methyl sites for hydroxylation is 1. The second-order valence-electron chi connectivity index (χ2n) is 9.72. The van der Waals surface area contributed by atoms with Crippen molar-refractivity contribution in [1.29, 1.82) is 0 Å². The molecule has 30 heavy (non-hydrogen) atoms. The Labute approximate surface area is 180 Å². The molecule has 0 aliphatic carbocycles. The van der Waals surface area contributed by atoms with E-state index in [9.17, 15) is 9.59 Å². The van der Waals surface area contributed by atoms with E-state index in [0.717, 1.165) is 35.3 Å². The minimum absolute atomic E-state index is 0.0949. The fraction of sp³-hybridized carbons (Fsp3) is 0.583. The number of hydrogen-bond donors (Lipinski definition) is 2.